The Labute approximate surface area is 286 Å². The van der Waals surface area contributed by atoms with Gasteiger partial charge in [-0.3, -0.25) is 0 Å². The molecule has 0 bridgehead atoms. The molecule has 0 aromatic heterocycles. The maximum Gasteiger partial charge on any atom is 0.0296 e. The first-order chi connectivity index (χ1) is 24.1. The molecule has 0 N–H and O–H groups in total. The largest absolute Gasteiger partial charge is 0.0620 e. The highest BCUT2D eigenvalue weighted by molar-refractivity contribution is 6.25. The Morgan fingerprint density at radius 1 is 0.408 bits per heavy atom. The number of rotatable bonds is 2. The molecule has 230 valence electrons. The van der Waals surface area contributed by atoms with E-state index in [0.29, 0.717) is 0 Å². The summed E-state index contributed by atoms with van der Waals surface area (Å²) in [5.74, 6) is 0. The average Bonchev–Trinajstić information content (AvgIpc) is 3.66. The first kappa shape index (κ1) is 27.3. The second kappa shape index (κ2) is 9.68. The highest BCUT2D eigenvalue weighted by Gasteiger charge is 2.47. The van der Waals surface area contributed by atoms with Crippen LogP contribution in [0.4, 0.5) is 0 Å². The summed E-state index contributed by atoms with van der Waals surface area (Å²) in [7, 11) is 0. The lowest BCUT2D eigenvalue weighted by atomic mass is 9.74. The molecule has 9 aromatic rings. The van der Waals surface area contributed by atoms with Crippen LogP contribution in [-0.2, 0) is 18.3 Å². The van der Waals surface area contributed by atoms with E-state index in [4.69, 9.17) is 0 Å². The molecule has 0 radical (unpaired) electrons. The molecule has 2 aliphatic carbocycles. The van der Waals surface area contributed by atoms with Gasteiger partial charge in [-0.15, -0.1) is 0 Å². The van der Waals surface area contributed by atoms with Gasteiger partial charge in [0.1, 0.15) is 0 Å². The minimum atomic E-state index is -0.0960. The van der Waals surface area contributed by atoms with Crippen molar-refractivity contribution in [2.45, 2.75) is 32.1 Å². The molecular formula is C49H34. The molecule has 0 saturated heterocycles. The normalized spacial score (nSPS) is 14.3. The van der Waals surface area contributed by atoms with Crippen molar-refractivity contribution in [3.8, 4) is 33.4 Å². The highest BCUT2D eigenvalue weighted by atomic mass is 14.5. The van der Waals surface area contributed by atoms with Crippen molar-refractivity contribution in [2.75, 3.05) is 0 Å². The van der Waals surface area contributed by atoms with Crippen molar-refractivity contribution in [3.05, 3.63) is 179 Å². The SMILES string of the molecule is Cc1ccc2c(-c3ccc4c(c3)C3(Cc5ccccc5C3)c3cc(-c5ccc6ccc7cccc8ccc5c6c78)ccc3-4)ccc(C)c2c1. The van der Waals surface area contributed by atoms with E-state index in [1.165, 1.54) is 110 Å². The van der Waals surface area contributed by atoms with E-state index < -0.39 is 0 Å². The van der Waals surface area contributed by atoms with Crippen molar-refractivity contribution < 1.29 is 0 Å². The molecule has 1 spiro atoms. The Hall–Kier alpha value is -5.72. The first-order valence-corrected chi connectivity index (χ1v) is 17.6. The molecule has 0 fully saturated rings. The molecule has 0 atom stereocenters. The van der Waals surface area contributed by atoms with Gasteiger partial charge in [0.25, 0.3) is 0 Å². The van der Waals surface area contributed by atoms with E-state index in [-0.39, 0.29) is 5.41 Å². The minimum absolute atomic E-state index is 0.0960. The van der Waals surface area contributed by atoms with Gasteiger partial charge in [-0.1, -0.05) is 139 Å². The zero-order chi connectivity index (χ0) is 32.4. The Balaban J connectivity index is 1.13. The molecule has 9 aromatic carbocycles. The second-order valence-corrected chi connectivity index (χ2v) is 14.7. The highest BCUT2D eigenvalue weighted by Crippen LogP contribution is 2.57. The number of aryl methyl sites for hydroxylation is 2. The van der Waals surface area contributed by atoms with Crippen LogP contribution in [0.5, 0.6) is 0 Å². The number of hydrogen-bond donors (Lipinski definition) is 0. The number of hydrogen-bond acceptors (Lipinski definition) is 0. The van der Waals surface area contributed by atoms with Crippen molar-refractivity contribution >= 4 is 43.1 Å². The maximum atomic E-state index is 2.55. The van der Waals surface area contributed by atoms with Crippen LogP contribution in [0.2, 0.25) is 0 Å². The van der Waals surface area contributed by atoms with Crippen LogP contribution < -0.4 is 0 Å². The molecule has 2 aliphatic rings. The Morgan fingerprint density at radius 3 is 1.65 bits per heavy atom. The third-order valence-corrected chi connectivity index (χ3v) is 12.0. The van der Waals surface area contributed by atoms with Crippen LogP contribution in [0.25, 0.3) is 76.5 Å². The van der Waals surface area contributed by atoms with Crippen molar-refractivity contribution in [3.63, 3.8) is 0 Å². The molecular weight excluding hydrogens is 589 g/mol. The summed E-state index contributed by atoms with van der Waals surface area (Å²) in [4.78, 5) is 0. The van der Waals surface area contributed by atoms with Crippen LogP contribution in [0.3, 0.4) is 0 Å². The third-order valence-electron chi connectivity index (χ3n) is 12.0. The predicted octanol–water partition coefficient (Wildman–Crippen LogP) is 12.8. The zero-order valence-corrected chi connectivity index (χ0v) is 27.8. The van der Waals surface area contributed by atoms with Gasteiger partial charge in [-0.25, -0.2) is 0 Å². The maximum absolute atomic E-state index is 2.55. The van der Waals surface area contributed by atoms with Gasteiger partial charge >= 0.3 is 0 Å². The Morgan fingerprint density at radius 2 is 0.959 bits per heavy atom. The molecule has 0 amide bonds. The molecule has 0 heterocycles. The van der Waals surface area contributed by atoms with Crippen LogP contribution >= 0.6 is 0 Å². The molecule has 0 aliphatic heterocycles. The fraction of sp³-hybridized carbons (Fsp3) is 0.102. The van der Waals surface area contributed by atoms with E-state index >= 15 is 0 Å². The van der Waals surface area contributed by atoms with Crippen LogP contribution in [0.1, 0.15) is 33.4 Å². The van der Waals surface area contributed by atoms with Crippen molar-refractivity contribution in [1.29, 1.82) is 0 Å². The quantitative estimate of drug-likeness (QED) is 0.168. The fourth-order valence-electron chi connectivity index (χ4n) is 9.67. The summed E-state index contributed by atoms with van der Waals surface area (Å²) in [5.41, 5.74) is 16.5. The first-order valence-electron chi connectivity index (χ1n) is 17.6. The van der Waals surface area contributed by atoms with Crippen molar-refractivity contribution in [2.24, 2.45) is 0 Å². The van der Waals surface area contributed by atoms with Gasteiger partial charge in [-0.05, 0) is 143 Å². The Bertz CT molecular complexity index is 2810. The van der Waals surface area contributed by atoms with E-state index in [1.54, 1.807) is 0 Å². The average molecular weight is 623 g/mol. The lowest BCUT2D eigenvalue weighted by Crippen LogP contribution is -2.26. The zero-order valence-electron chi connectivity index (χ0n) is 27.8. The minimum Gasteiger partial charge on any atom is -0.0620 e. The van der Waals surface area contributed by atoms with Gasteiger partial charge in [0.15, 0.2) is 0 Å². The van der Waals surface area contributed by atoms with Crippen LogP contribution in [0.15, 0.2) is 146 Å². The van der Waals surface area contributed by atoms with E-state index in [1.807, 2.05) is 0 Å². The Kier molecular flexibility index (Phi) is 5.38. The summed E-state index contributed by atoms with van der Waals surface area (Å²) in [6.07, 6.45) is 2.06. The topological polar surface area (TPSA) is 0 Å². The molecule has 11 rings (SSSR count). The molecule has 0 nitrogen and oxygen atoms in total. The predicted molar refractivity (Wildman–Crippen MR) is 208 cm³/mol. The summed E-state index contributed by atoms with van der Waals surface area (Å²) in [6.45, 7) is 4.42. The standard InChI is InChI=1S/C49H34/c1-29-10-18-40-38(19-11-30(2)44(40)24-29)34-16-21-41-42-22-17-35(26-46(42)49(45(41)25-34)27-36-6-3-4-7-37(36)28-49)39-20-14-33-13-12-31-8-5-9-32-15-23-43(39)48(33)47(31)32/h3-26H,27-28H2,1-2H3. The fourth-order valence-corrected chi connectivity index (χ4v) is 9.67. The van der Waals surface area contributed by atoms with Gasteiger partial charge < -0.3 is 0 Å². The van der Waals surface area contributed by atoms with E-state index in [9.17, 15) is 0 Å². The number of fused-ring (bicyclic) bond motifs is 7. The van der Waals surface area contributed by atoms with E-state index in [2.05, 4.69) is 159 Å². The van der Waals surface area contributed by atoms with Gasteiger partial charge in [-0.2, -0.15) is 0 Å². The summed E-state index contributed by atoms with van der Waals surface area (Å²) in [6, 6.07) is 55.9. The summed E-state index contributed by atoms with van der Waals surface area (Å²) in [5, 5.41) is 10.7. The van der Waals surface area contributed by atoms with Crippen LogP contribution in [-0.4, -0.2) is 0 Å². The molecule has 0 saturated carbocycles. The second-order valence-electron chi connectivity index (χ2n) is 14.7. The van der Waals surface area contributed by atoms with Gasteiger partial charge in [0.05, 0.1) is 0 Å². The monoisotopic (exact) mass is 622 g/mol. The smallest absolute Gasteiger partial charge is 0.0296 e. The molecule has 49 heavy (non-hydrogen) atoms. The molecule has 0 unspecified atom stereocenters. The lowest BCUT2D eigenvalue weighted by Gasteiger charge is -2.28. The van der Waals surface area contributed by atoms with Crippen molar-refractivity contribution in [1.82, 2.24) is 0 Å². The van der Waals surface area contributed by atoms with Crippen LogP contribution in [0, 0.1) is 13.8 Å². The van der Waals surface area contributed by atoms with Gasteiger partial charge in [0.2, 0.25) is 0 Å². The third kappa shape index (κ3) is 3.69. The van der Waals surface area contributed by atoms with E-state index in [0.717, 1.165) is 12.8 Å². The van der Waals surface area contributed by atoms with Gasteiger partial charge in [0, 0.05) is 5.41 Å². The summed E-state index contributed by atoms with van der Waals surface area (Å²) < 4.78 is 0. The number of benzene rings is 9. The lowest BCUT2D eigenvalue weighted by molar-refractivity contribution is 0.564. The summed E-state index contributed by atoms with van der Waals surface area (Å²) >= 11 is 0. The molecule has 0 heteroatoms.